The maximum atomic E-state index is 10.1. The molecule has 0 bridgehead atoms. The van der Waals surface area contributed by atoms with Gasteiger partial charge in [0.05, 0.1) is 19.3 Å². The molecule has 1 saturated heterocycles. The Morgan fingerprint density at radius 2 is 1.15 bits per heavy atom. The number of hydrogen-bond acceptors (Lipinski definition) is 8. The minimum Gasteiger partial charge on any atom is -0.394 e. The molecule has 244 valence electrons. The van der Waals surface area contributed by atoms with Gasteiger partial charge in [0.1, 0.15) is 24.4 Å². The Hall–Kier alpha value is -0.740. The first-order chi connectivity index (χ1) is 20.0. The van der Waals surface area contributed by atoms with E-state index < -0.39 is 43.4 Å². The van der Waals surface area contributed by atoms with Crippen molar-refractivity contribution in [3.63, 3.8) is 0 Å². The first-order valence-electron chi connectivity index (χ1n) is 17.0. The topological polar surface area (TPSA) is 132 Å². The van der Waals surface area contributed by atoms with Crippen molar-refractivity contribution in [1.82, 2.24) is 5.32 Å². The van der Waals surface area contributed by atoms with Gasteiger partial charge in [0.25, 0.3) is 0 Å². The van der Waals surface area contributed by atoms with Gasteiger partial charge in [-0.3, -0.25) is 0 Å². The van der Waals surface area contributed by atoms with Crippen molar-refractivity contribution in [3.05, 3.63) is 12.3 Å². The minimum atomic E-state index is -1.49. The summed E-state index contributed by atoms with van der Waals surface area (Å²) in [5.41, 5.74) is 0. The van der Waals surface area contributed by atoms with Gasteiger partial charge < -0.3 is 40.3 Å². The maximum absolute atomic E-state index is 10.1. The lowest BCUT2D eigenvalue weighted by Crippen LogP contribution is -2.59. The van der Waals surface area contributed by atoms with Gasteiger partial charge in [-0.2, -0.15) is 0 Å². The molecule has 8 heteroatoms. The van der Waals surface area contributed by atoms with Crippen LogP contribution in [-0.2, 0) is 9.47 Å². The van der Waals surface area contributed by atoms with E-state index in [0.717, 1.165) is 6.42 Å². The van der Waals surface area contributed by atoms with Crippen LogP contribution < -0.4 is 5.32 Å². The van der Waals surface area contributed by atoms with E-state index in [1.54, 1.807) is 0 Å². The predicted octanol–water partition coefficient (Wildman–Crippen LogP) is 5.48. The second-order valence-electron chi connectivity index (χ2n) is 12.0. The molecule has 1 fully saturated rings. The van der Waals surface area contributed by atoms with Crippen molar-refractivity contribution >= 4 is 0 Å². The molecule has 0 aliphatic carbocycles. The van der Waals surface area contributed by atoms with Crippen LogP contribution in [0.5, 0.6) is 0 Å². The Balaban J connectivity index is 1.82. The summed E-state index contributed by atoms with van der Waals surface area (Å²) in [5, 5.41) is 51.8. The molecule has 1 aliphatic heterocycles. The van der Waals surface area contributed by atoms with Crippen molar-refractivity contribution in [1.29, 1.82) is 0 Å². The van der Waals surface area contributed by atoms with Crippen LogP contribution >= 0.6 is 0 Å². The van der Waals surface area contributed by atoms with E-state index in [4.69, 9.17) is 9.47 Å². The lowest BCUT2D eigenvalue weighted by atomic mass is 9.99. The summed E-state index contributed by atoms with van der Waals surface area (Å²) >= 11 is 0. The predicted molar refractivity (Wildman–Crippen MR) is 165 cm³/mol. The standard InChI is InChI=1S/C33H65NO7/c1-2-3-4-5-6-7-8-9-10-11-12-13-14-15-16-17-18-19-20-21-22-23-24-34-25-28(36)27-40-33-32(39)31(38)30(37)29(26-35)41-33/h23-24,28-39H,2-22,25-27H2,1H3/t28?,29-,30+,31+,32-,33-/m1/s1. The van der Waals surface area contributed by atoms with Gasteiger partial charge in [-0.05, 0) is 19.0 Å². The van der Waals surface area contributed by atoms with E-state index >= 15 is 0 Å². The second-order valence-corrected chi connectivity index (χ2v) is 12.0. The number of hydrogen-bond donors (Lipinski definition) is 6. The average molecular weight is 588 g/mol. The summed E-state index contributed by atoms with van der Waals surface area (Å²) in [6.07, 6.45) is 25.1. The zero-order valence-corrected chi connectivity index (χ0v) is 26.1. The van der Waals surface area contributed by atoms with Crippen molar-refractivity contribution in [2.75, 3.05) is 19.8 Å². The Bertz CT molecular complexity index is 592. The van der Waals surface area contributed by atoms with Gasteiger partial charge in [0.15, 0.2) is 6.29 Å². The smallest absolute Gasteiger partial charge is 0.186 e. The molecule has 1 aliphatic rings. The Morgan fingerprint density at radius 1 is 0.683 bits per heavy atom. The first kappa shape index (κ1) is 38.3. The van der Waals surface area contributed by atoms with Crippen LogP contribution in [0.1, 0.15) is 142 Å². The van der Waals surface area contributed by atoms with Gasteiger partial charge in [0.2, 0.25) is 0 Å². The Morgan fingerprint density at radius 3 is 1.61 bits per heavy atom. The molecule has 0 spiro atoms. The molecule has 1 unspecified atom stereocenters. The number of aliphatic hydroxyl groups is 5. The van der Waals surface area contributed by atoms with Gasteiger partial charge in [-0.1, -0.05) is 135 Å². The lowest BCUT2D eigenvalue weighted by Gasteiger charge is -2.39. The molecule has 41 heavy (non-hydrogen) atoms. The number of allylic oxidation sites excluding steroid dienone is 1. The summed E-state index contributed by atoms with van der Waals surface area (Å²) in [7, 11) is 0. The van der Waals surface area contributed by atoms with E-state index in [1.807, 2.05) is 6.20 Å². The zero-order valence-electron chi connectivity index (χ0n) is 26.1. The largest absolute Gasteiger partial charge is 0.394 e. The fourth-order valence-corrected chi connectivity index (χ4v) is 5.36. The summed E-state index contributed by atoms with van der Waals surface area (Å²) in [6, 6.07) is 0. The van der Waals surface area contributed by atoms with Crippen molar-refractivity contribution in [3.8, 4) is 0 Å². The molecule has 1 heterocycles. The third-order valence-corrected chi connectivity index (χ3v) is 8.11. The van der Waals surface area contributed by atoms with E-state index in [1.165, 1.54) is 128 Å². The van der Waals surface area contributed by atoms with Crippen molar-refractivity contribution in [2.45, 2.75) is 179 Å². The molecule has 0 amide bonds. The normalized spacial score (nSPS) is 23.8. The molecular formula is C33H65NO7. The molecule has 8 nitrogen and oxygen atoms in total. The number of nitrogens with one attached hydrogen (secondary N) is 1. The van der Waals surface area contributed by atoms with Gasteiger partial charge in [-0.15, -0.1) is 0 Å². The van der Waals surface area contributed by atoms with Gasteiger partial charge >= 0.3 is 0 Å². The van der Waals surface area contributed by atoms with E-state index in [9.17, 15) is 25.5 Å². The first-order valence-corrected chi connectivity index (χ1v) is 17.0. The van der Waals surface area contributed by atoms with Crippen LogP contribution in [0.3, 0.4) is 0 Å². The van der Waals surface area contributed by atoms with Crippen LogP contribution in [0.4, 0.5) is 0 Å². The fraction of sp³-hybridized carbons (Fsp3) is 0.939. The number of unbranched alkanes of at least 4 members (excludes halogenated alkanes) is 20. The molecule has 0 aromatic carbocycles. The highest BCUT2D eigenvalue weighted by atomic mass is 16.7. The lowest BCUT2D eigenvalue weighted by molar-refractivity contribution is -0.304. The SMILES string of the molecule is CCCCCCCCCCCCCCCCCCCCCCC=CNCC(O)CO[C@@H]1O[C@H](CO)[C@H](O)[C@H](O)[C@H]1O. The molecule has 6 atom stereocenters. The average Bonchev–Trinajstić information content (AvgIpc) is 2.97. The molecule has 0 saturated carbocycles. The Kier molecular flexibility index (Phi) is 25.1. The van der Waals surface area contributed by atoms with Crippen LogP contribution in [-0.4, -0.2) is 82.1 Å². The summed E-state index contributed by atoms with van der Waals surface area (Å²) in [6.45, 7) is 1.92. The number of ether oxygens (including phenoxy) is 2. The quantitative estimate of drug-likeness (QED) is 0.0664. The molecule has 0 aromatic heterocycles. The summed E-state index contributed by atoms with van der Waals surface area (Å²) in [5.74, 6) is 0. The molecule has 0 radical (unpaired) electrons. The van der Waals surface area contributed by atoms with Crippen molar-refractivity contribution in [2.24, 2.45) is 0 Å². The molecule has 1 rings (SSSR count). The van der Waals surface area contributed by atoms with Crippen LogP contribution in [0.15, 0.2) is 12.3 Å². The van der Waals surface area contributed by atoms with E-state index in [2.05, 4.69) is 18.3 Å². The number of aliphatic hydroxyl groups excluding tert-OH is 5. The minimum absolute atomic E-state index is 0.122. The highest BCUT2D eigenvalue weighted by Crippen LogP contribution is 2.22. The second kappa shape index (κ2) is 26.9. The van der Waals surface area contributed by atoms with E-state index in [0.29, 0.717) is 0 Å². The van der Waals surface area contributed by atoms with Crippen LogP contribution in [0.2, 0.25) is 0 Å². The third kappa shape index (κ3) is 20.0. The summed E-state index contributed by atoms with van der Waals surface area (Å²) < 4.78 is 10.6. The van der Waals surface area contributed by atoms with Crippen LogP contribution in [0.25, 0.3) is 0 Å². The van der Waals surface area contributed by atoms with E-state index in [-0.39, 0.29) is 13.2 Å². The van der Waals surface area contributed by atoms with Gasteiger partial charge in [0, 0.05) is 6.54 Å². The zero-order chi connectivity index (χ0) is 30.0. The summed E-state index contributed by atoms with van der Waals surface area (Å²) in [4.78, 5) is 0. The number of rotatable bonds is 28. The highest BCUT2D eigenvalue weighted by Gasteiger charge is 2.44. The molecule has 6 N–H and O–H groups in total. The Labute approximate surface area is 250 Å². The monoisotopic (exact) mass is 587 g/mol. The molecule has 0 aromatic rings. The maximum Gasteiger partial charge on any atom is 0.186 e. The third-order valence-electron chi connectivity index (χ3n) is 8.11. The van der Waals surface area contributed by atoms with Gasteiger partial charge in [-0.25, -0.2) is 0 Å². The highest BCUT2D eigenvalue weighted by molar-refractivity contribution is 4.89. The van der Waals surface area contributed by atoms with Crippen LogP contribution in [0, 0.1) is 0 Å². The molecular weight excluding hydrogens is 522 g/mol. The fourth-order valence-electron chi connectivity index (χ4n) is 5.36. The van der Waals surface area contributed by atoms with Crippen molar-refractivity contribution < 1.29 is 35.0 Å².